The van der Waals surface area contributed by atoms with Crippen molar-refractivity contribution in [3.8, 4) is 0 Å². The Morgan fingerprint density at radius 2 is 2.00 bits per heavy atom. The number of aryl methyl sites for hydroxylation is 1. The van der Waals surface area contributed by atoms with Gasteiger partial charge in [-0.1, -0.05) is 12.1 Å². The number of thiophene rings is 1. The standard InChI is InChI=1S/C22H20N4O2S/c1-14-15(2)29-22(26-21(27)17-8-6-12-28-17)19(14)20(16-7-5-10-23-13-16)25-18-9-3-4-11-24-18/h3-13,20H,1-2H3,(H,24,25)(H,26,27)/t20-/m1/s1. The maximum Gasteiger partial charge on any atom is 0.291 e. The molecular weight excluding hydrogens is 384 g/mol. The minimum atomic E-state index is -0.278. The number of nitrogens with zero attached hydrogens (tertiary/aromatic N) is 2. The van der Waals surface area contributed by atoms with Gasteiger partial charge < -0.3 is 15.1 Å². The molecule has 29 heavy (non-hydrogen) atoms. The molecule has 0 fully saturated rings. The van der Waals surface area contributed by atoms with E-state index in [1.54, 1.807) is 35.9 Å². The Kier molecular flexibility index (Phi) is 5.39. The van der Waals surface area contributed by atoms with E-state index in [0.29, 0.717) is 0 Å². The molecule has 4 heterocycles. The zero-order valence-corrected chi connectivity index (χ0v) is 16.9. The Hall–Kier alpha value is -3.45. The first-order valence-corrected chi connectivity index (χ1v) is 9.97. The van der Waals surface area contributed by atoms with Crippen LogP contribution in [0.4, 0.5) is 10.8 Å². The van der Waals surface area contributed by atoms with Crippen LogP contribution in [0, 0.1) is 13.8 Å². The van der Waals surface area contributed by atoms with Crippen LogP contribution in [-0.2, 0) is 0 Å². The summed E-state index contributed by atoms with van der Waals surface area (Å²) in [6.07, 6.45) is 6.80. The molecule has 6 nitrogen and oxygen atoms in total. The summed E-state index contributed by atoms with van der Waals surface area (Å²) in [7, 11) is 0. The van der Waals surface area contributed by atoms with E-state index in [-0.39, 0.29) is 17.7 Å². The quantitative estimate of drug-likeness (QED) is 0.462. The Morgan fingerprint density at radius 3 is 2.69 bits per heavy atom. The fourth-order valence-electron chi connectivity index (χ4n) is 3.12. The number of amides is 1. The number of hydrogen-bond acceptors (Lipinski definition) is 6. The van der Waals surface area contributed by atoms with Crippen LogP contribution < -0.4 is 10.6 Å². The Bertz CT molecular complexity index is 1090. The lowest BCUT2D eigenvalue weighted by atomic mass is 9.97. The number of nitrogens with one attached hydrogen (secondary N) is 2. The predicted molar refractivity (Wildman–Crippen MR) is 114 cm³/mol. The molecule has 146 valence electrons. The normalized spacial score (nSPS) is 11.8. The van der Waals surface area contributed by atoms with Gasteiger partial charge in [-0.05, 0) is 55.3 Å². The average Bonchev–Trinajstić information content (AvgIpc) is 3.37. The summed E-state index contributed by atoms with van der Waals surface area (Å²) < 4.78 is 5.24. The highest BCUT2D eigenvalue weighted by atomic mass is 32.1. The third-order valence-corrected chi connectivity index (χ3v) is 5.81. The highest BCUT2D eigenvalue weighted by Gasteiger charge is 2.25. The van der Waals surface area contributed by atoms with Gasteiger partial charge in [-0.3, -0.25) is 9.78 Å². The monoisotopic (exact) mass is 404 g/mol. The fourth-order valence-corrected chi connectivity index (χ4v) is 4.22. The van der Waals surface area contributed by atoms with Crippen molar-refractivity contribution in [2.45, 2.75) is 19.9 Å². The zero-order valence-electron chi connectivity index (χ0n) is 16.0. The molecule has 2 N–H and O–H groups in total. The maximum atomic E-state index is 12.6. The molecule has 1 amide bonds. The molecule has 0 bridgehead atoms. The SMILES string of the molecule is Cc1sc(NC(=O)c2ccco2)c([C@H](Nc2ccccn2)c2cccnc2)c1C. The summed E-state index contributed by atoms with van der Waals surface area (Å²) >= 11 is 1.55. The van der Waals surface area contributed by atoms with Gasteiger partial charge in [0.15, 0.2) is 5.76 Å². The molecule has 0 aliphatic carbocycles. The van der Waals surface area contributed by atoms with Gasteiger partial charge >= 0.3 is 0 Å². The molecule has 0 saturated carbocycles. The van der Waals surface area contributed by atoms with Gasteiger partial charge in [-0.2, -0.15) is 0 Å². The first-order chi connectivity index (χ1) is 14.1. The Balaban J connectivity index is 1.76. The predicted octanol–water partition coefficient (Wildman–Crippen LogP) is 5.20. The van der Waals surface area contributed by atoms with Crippen LogP contribution in [0.2, 0.25) is 0 Å². The van der Waals surface area contributed by atoms with Crippen LogP contribution in [-0.4, -0.2) is 15.9 Å². The first-order valence-electron chi connectivity index (χ1n) is 9.15. The molecule has 0 aromatic carbocycles. The topological polar surface area (TPSA) is 80.0 Å². The van der Waals surface area contributed by atoms with Crippen LogP contribution >= 0.6 is 11.3 Å². The van der Waals surface area contributed by atoms with Crippen molar-refractivity contribution in [3.05, 3.63) is 94.6 Å². The Labute approximate surface area is 172 Å². The molecule has 0 aliphatic rings. The van der Waals surface area contributed by atoms with Gasteiger partial charge in [-0.15, -0.1) is 11.3 Å². The highest BCUT2D eigenvalue weighted by molar-refractivity contribution is 7.16. The molecule has 7 heteroatoms. The van der Waals surface area contributed by atoms with Crippen LogP contribution in [0.25, 0.3) is 0 Å². The van der Waals surface area contributed by atoms with Crippen molar-refractivity contribution in [3.63, 3.8) is 0 Å². The third kappa shape index (κ3) is 4.05. The van der Waals surface area contributed by atoms with Gasteiger partial charge in [0.25, 0.3) is 5.91 Å². The van der Waals surface area contributed by atoms with Crippen molar-refractivity contribution >= 4 is 28.1 Å². The number of carbonyl (C=O) groups is 1. The summed E-state index contributed by atoms with van der Waals surface area (Å²) in [4.78, 5) is 22.4. The molecule has 4 aromatic heterocycles. The fraction of sp³-hybridized carbons (Fsp3) is 0.136. The molecule has 1 atom stereocenters. The van der Waals surface area contributed by atoms with Gasteiger partial charge in [-0.25, -0.2) is 4.98 Å². The van der Waals surface area contributed by atoms with E-state index in [4.69, 9.17) is 4.42 Å². The van der Waals surface area contributed by atoms with E-state index in [9.17, 15) is 4.79 Å². The van der Waals surface area contributed by atoms with Crippen molar-refractivity contribution in [1.29, 1.82) is 0 Å². The van der Waals surface area contributed by atoms with Crippen molar-refractivity contribution in [1.82, 2.24) is 9.97 Å². The second-order valence-electron chi connectivity index (χ2n) is 6.54. The van der Waals surface area contributed by atoms with E-state index in [1.807, 2.05) is 43.5 Å². The number of furan rings is 1. The van der Waals surface area contributed by atoms with E-state index >= 15 is 0 Å². The van der Waals surface area contributed by atoms with Gasteiger partial charge in [0.1, 0.15) is 10.8 Å². The number of hydrogen-bond donors (Lipinski definition) is 2. The molecular formula is C22H20N4O2S. The summed E-state index contributed by atoms with van der Waals surface area (Å²) in [6, 6.07) is 12.8. The second kappa shape index (κ2) is 8.28. The summed E-state index contributed by atoms with van der Waals surface area (Å²) in [5.74, 6) is 0.739. The second-order valence-corrected chi connectivity index (χ2v) is 7.76. The molecule has 0 spiro atoms. The molecule has 0 aliphatic heterocycles. The molecule has 4 rings (SSSR count). The highest BCUT2D eigenvalue weighted by Crippen LogP contribution is 2.40. The van der Waals surface area contributed by atoms with Crippen LogP contribution in [0.5, 0.6) is 0 Å². The number of carbonyl (C=O) groups excluding carboxylic acids is 1. The van der Waals surface area contributed by atoms with Gasteiger partial charge in [0, 0.05) is 29.0 Å². The number of aromatic nitrogens is 2. The summed E-state index contributed by atoms with van der Waals surface area (Å²) in [6.45, 7) is 4.11. The third-order valence-electron chi connectivity index (χ3n) is 4.67. The smallest absolute Gasteiger partial charge is 0.291 e. The lowest BCUT2D eigenvalue weighted by Crippen LogP contribution is -2.17. The summed E-state index contributed by atoms with van der Waals surface area (Å²) in [5, 5.41) is 7.29. The molecule has 0 radical (unpaired) electrons. The largest absolute Gasteiger partial charge is 0.459 e. The molecule has 0 saturated heterocycles. The van der Waals surface area contributed by atoms with Crippen molar-refractivity contribution in [2.75, 3.05) is 10.6 Å². The minimum absolute atomic E-state index is 0.226. The lowest BCUT2D eigenvalue weighted by Gasteiger charge is -2.22. The van der Waals surface area contributed by atoms with Crippen molar-refractivity contribution in [2.24, 2.45) is 0 Å². The van der Waals surface area contributed by atoms with E-state index < -0.39 is 0 Å². The molecule has 4 aromatic rings. The lowest BCUT2D eigenvalue weighted by molar-refractivity contribution is 0.0997. The van der Waals surface area contributed by atoms with E-state index in [1.165, 1.54) is 6.26 Å². The molecule has 0 unspecified atom stereocenters. The van der Waals surface area contributed by atoms with Gasteiger partial charge in [0.05, 0.1) is 12.3 Å². The first kappa shape index (κ1) is 18.9. The average molecular weight is 404 g/mol. The van der Waals surface area contributed by atoms with Crippen LogP contribution in [0.3, 0.4) is 0 Å². The van der Waals surface area contributed by atoms with Crippen LogP contribution in [0.15, 0.2) is 71.7 Å². The minimum Gasteiger partial charge on any atom is -0.459 e. The Morgan fingerprint density at radius 1 is 1.10 bits per heavy atom. The van der Waals surface area contributed by atoms with E-state index in [0.717, 1.165) is 32.4 Å². The number of pyridine rings is 2. The number of anilines is 2. The number of rotatable bonds is 6. The van der Waals surface area contributed by atoms with Crippen molar-refractivity contribution < 1.29 is 9.21 Å². The van der Waals surface area contributed by atoms with Crippen LogP contribution in [0.1, 0.15) is 38.2 Å². The summed E-state index contributed by atoms with van der Waals surface area (Å²) in [5.41, 5.74) is 3.08. The maximum absolute atomic E-state index is 12.6. The zero-order chi connectivity index (χ0) is 20.2. The van der Waals surface area contributed by atoms with Gasteiger partial charge in [0.2, 0.25) is 0 Å². The van der Waals surface area contributed by atoms with E-state index in [2.05, 4.69) is 27.5 Å².